The molecule has 0 aliphatic carbocycles. The molecule has 1 aromatic heterocycles. The van der Waals surface area contributed by atoms with Crippen molar-refractivity contribution >= 4 is 27.5 Å². The van der Waals surface area contributed by atoms with Crippen LogP contribution in [-0.2, 0) is 6.42 Å². The van der Waals surface area contributed by atoms with Crippen LogP contribution in [0.1, 0.15) is 5.89 Å². The Hall–Kier alpha value is -0.910. The normalized spacial score (nSPS) is 10.8. The van der Waals surface area contributed by atoms with E-state index in [2.05, 4.69) is 31.4 Å². The maximum Gasteiger partial charge on any atom is 0.249 e. The van der Waals surface area contributed by atoms with E-state index in [0.29, 0.717) is 23.2 Å². The number of benzene rings is 1. The minimum atomic E-state index is 0.447. The quantitative estimate of drug-likeness (QED) is 0.942. The Kier molecular flexibility index (Phi) is 4.15. The molecule has 90 valence electrons. The van der Waals surface area contributed by atoms with E-state index in [1.54, 1.807) is 6.07 Å². The maximum atomic E-state index is 6.08. The number of aromatic nitrogens is 2. The van der Waals surface area contributed by atoms with Crippen LogP contribution in [0, 0.1) is 0 Å². The van der Waals surface area contributed by atoms with Gasteiger partial charge in [-0.05, 0) is 25.2 Å². The predicted octanol–water partition coefficient (Wildman–Crippen LogP) is 2.91. The second kappa shape index (κ2) is 5.62. The molecule has 0 atom stereocenters. The van der Waals surface area contributed by atoms with Crippen molar-refractivity contribution < 1.29 is 4.42 Å². The topological polar surface area (TPSA) is 51.0 Å². The Morgan fingerprint density at radius 3 is 3.00 bits per heavy atom. The van der Waals surface area contributed by atoms with Crippen LogP contribution < -0.4 is 5.32 Å². The second-order valence-corrected chi connectivity index (χ2v) is 4.80. The third-order valence-electron chi connectivity index (χ3n) is 2.21. The van der Waals surface area contributed by atoms with Gasteiger partial charge in [0.2, 0.25) is 11.8 Å². The Bertz CT molecular complexity index is 515. The average molecular weight is 317 g/mol. The van der Waals surface area contributed by atoms with Crippen LogP contribution in [0.25, 0.3) is 11.5 Å². The Labute approximate surface area is 113 Å². The van der Waals surface area contributed by atoms with Gasteiger partial charge in [0.15, 0.2) is 0 Å². The lowest BCUT2D eigenvalue weighted by molar-refractivity contribution is 0.500. The molecule has 2 aromatic rings. The van der Waals surface area contributed by atoms with Crippen molar-refractivity contribution in [2.45, 2.75) is 6.42 Å². The monoisotopic (exact) mass is 315 g/mol. The number of halogens is 2. The van der Waals surface area contributed by atoms with Gasteiger partial charge in [-0.25, -0.2) is 0 Å². The molecule has 6 heteroatoms. The van der Waals surface area contributed by atoms with Crippen molar-refractivity contribution in [2.24, 2.45) is 0 Å². The molecule has 0 saturated carbocycles. The van der Waals surface area contributed by atoms with Crippen LogP contribution >= 0.6 is 27.5 Å². The number of nitrogens with one attached hydrogen (secondary N) is 1. The van der Waals surface area contributed by atoms with E-state index in [0.717, 1.165) is 16.6 Å². The fourth-order valence-electron chi connectivity index (χ4n) is 1.36. The predicted molar refractivity (Wildman–Crippen MR) is 70.1 cm³/mol. The first-order valence-electron chi connectivity index (χ1n) is 5.13. The maximum absolute atomic E-state index is 6.08. The number of hydrogen-bond acceptors (Lipinski definition) is 4. The van der Waals surface area contributed by atoms with E-state index in [9.17, 15) is 0 Å². The van der Waals surface area contributed by atoms with Crippen molar-refractivity contribution in [3.63, 3.8) is 0 Å². The minimum absolute atomic E-state index is 0.447. The summed E-state index contributed by atoms with van der Waals surface area (Å²) in [5.41, 5.74) is 0.740. The zero-order chi connectivity index (χ0) is 12.3. The molecule has 1 N–H and O–H groups in total. The summed E-state index contributed by atoms with van der Waals surface area (Å²) in [6.45, 7) is 0.799. The first-order valence-corrected chi connectivity index (χ1v) is 6.30. The van der Waals surface area contributed by atoms with Gasteiger partial charge in [-0.1, -0.05) is 27.5 Å². The first kappa shape index (κ1) is 12.5. The van der Waals surface area contributed by atoms with E-state index in [1.165, 1.54) is 0 Å². The largest absolute Gasteiger partial charge is 0.421 e. The first-order chi connectivity index (χ1) is 8.20. The molecule has 1 aromatic carbocycles. The molecule has 0 radical (unpaired) electrons. The van der Waals surface area contributed by atoms with Gasteiger partial charge < -0.3 is 9.73 Å². The van der Waals surface area contributed by atoms with Crippen molar-refractivity contribution in [1.82, 2.24) is 15.5 Å². The van der Waals surface area contributed by atoms with Crippen LogP contribution in [0.4, 0.5) is 0 Å². The van der Waals surface area contributed by atoms with Gasteiger partial charge >= 0.3 is 0 Å². The molecule has 0 spiro atoms. The van der Waals surface area contributed by atoms with E-state index >= 15 is 0 Å². The molecule has 1 heterocycles. The van der Waals surface area contributed by atoms with E-state index in [1.807, 2.05) is 19.2 Å². The van der Waals surface area contributed by atoms with Crippen LogP contribution in [0.3, 0.4) is 0 Å². The highest BCUT2D eigenvalue weighted by Gasteiger charge is 2.12. The third-order valence-corrected chi connectivity index (χ3v) is 3.04. The van der Waals surface area contributed by atoms with Gasteiger partial charge in [0.1, 0.15) is 0 Å². The second-order valence-electron chi connectivity index (χ2n) is 3.48. The third kappa shape index (κ3) is 3.06. The van der Waals surface area contributed by atoms with Crippen LogP contribution in [0.15, 0.2) is 27.1 Å². The molecule has 17 heavy (non-hydrogen) atoms. The Morgan fingerprint density at radius 2 is 2.24 bits per heavy atom. The standard InChI is InChI=1S/C11H11BrClN3O/c1-14-5-4-10-15-16-11(17-10)8-6-7(12)2-3-9(8)13/h2-3,6,14H,4-5H2,1H3. The van der Waals surface area contributed by atoms with Gasteiger partial charge in [0.25, 0.3) is 0 Å². The molecule has 2 rings (SSSR count). The van der Waals surface area contributed by atoms with Gasteiger partial charge in [0, 0.05) is 17.4 Å². The molecule has 0 amide bonds. The van der Waals surface area contributed by atoms with Gasteiger partial charge in [-0.2, -0.15) is 0 Å². The summed E-state index contributed by atoms with van der Waals surface area (Å²) in [6, 6.07) is 5.51. The molecule has 0 fully saturated rings. The number of hydrogen-bond donors (Lipinski definition) is 1. The van der Waals surface area contributed by atoms with Gasteiger partial charge in [-0.3, -0.25) is 0 Å². The molecular weight excluding hydrogens is 305 g/mol. The fourth-order valence-corrected chi connectivity index (χ4v) is 1.92. The van der Waals surface area contributed by atoms with Crippen molar-refractivity contribution in [2.75, 3.05) is 13.6 Å². The molecule has 0 saturated heterocycles. The summed E-state index contributed by atoms with van der Waals surface area (Å²) in [7, 11) is 1.88. The summed E-state index contributed by atoms with van der Waals surface area (Å²) in [5, 5.41) is 11.6. The van der Waals surface area contributed by atoms with Crippen LogP contribution in [-0.4, -0.2) is 23.8 Å². The molecule has 0 unspecified atom stereocenters. The lowest BCUT2D eigenvalue weighted by atomic mass is 10.2. The minimum Gasteiger partial charge on any atom is -0.421 e. The smallest absolute Gasteiger partial charge is 0.249 e. The summed E-state index contributed by atoms with van der Waals surface area (Å²) in [4.78, 5) is 0. The summed E-state index contributed by atoms with van der Waals surface area (Å²) >= 11 is 9.47. The van der Waals surface area contributed by atoms with E-state index in [4.69, 9.17) is 16.0 Å². The lowest BCUT2D eigenvalue weighted by Crippen LogP contribution is -2.10. The number of likely N-dealkylation sites (N-methyl/N-ethyl adjacent to an activating group) is 1. The summed E-state index contributed by atoms with van der Waals surface area (Å²) < 4.78 is 6.46. The average Bonchev–Trinajstić information content (AvgIpc) is 2.78. The van der Waals surface area contributed by atoms with Crippen molar-refractivity contribution in [1.29, 1.82) is 0 Å². The molecule has 0 aliphatic heterocycles. The molecule has 0 aliphatic rings. The molecular formula is C11H11BrClN3O. The van der Waals surface area contributed by atoms with Crippen LogP contribution in [0.2, 0.25) is 5.02 Å². The zero-order valence-corrected chi connectivity index (χ0v) is 11.5. The summed E-state index contributed by atoms with van der Waals surface area (Å²) in [5.74, 6) is 1.05. The Balaban J connectivity index is 2.27. The highest BCUT2D eigenvalue weighted by Crippen LogP contribution is 2.29. The van der Waals surface area contributed by atoms with E-state index < -0.39 is 0 Å². The molecule has 0 bridgehead atoms. The number of nitrogens with zero attached hydrogens (tertiary/aromatic N) is 2. The van der Waals surface area contributed by atoms with Crippen molar-refractivity contribution in [3.8, 4) is 11.5 Å². The number of rotatable bonds is 4. The van der Waals surface area contributed by atoms with Crippen molar-refractivity contribution in [3.05, 3.63) is 33.6 Å². The lowest BCUT2D eigenvalue weighted by Gasteiger charge is -1.99. The van der Waals surface area contributed by atoms with Crippen LogP contribution in [0.5, 0.6) is 0 Å². The SMILES string of the molecule is CNCCc1nnc(-c2cc(Br)ccc2Cl)o1. The highest BCUT2D eigenvalue weighted by molar-refractivity contribution is 9.10. The van der Waals surface area contributed by atoms with Gasteiger partial charge in [-0.15, -0.1) is 10.2 Å². The Morgan fingerprint density at radius 1 is 1.41 bits per heavy atom. The fraction of sp³-hybridized carbons (Fsp3) is 0.273. The zero-order valence-electron chi connectivity index (χ0n) is 9.20. The summed E-state index contributed by atoms with van der Waals surface area (Å²) in [6.07, 6.45) is 0.703. The molecule has 4 nitrogen and oxygen atoms in total. The van der Waals surface area contributed by atoms with E-state index in [-0.39, 0.29) is 0 Å². The van der Waals surface area contributed by atoms with Gasteiger partial charge in [0.05, 0.1) is 10.6 Å². The highest BCUT2D eigenvalue weighted by atomic mass is 79.9.